The van der Waals surface area contributed by atoms with Gasteiger partial charge in [-0.2, -0.15) is 0 Å². The van der Waals surface area contributed by atoms with Gasteiger partial charge in [0.15, 0.2) is 0 Å². The Bertz CT molecular complexity index is 736. The van der Waals surface area contributed by atoms with Crippen molar-refractivity contribution in [2.24, 2.45) is 0 Å². The summed E-state index contributed by atoms with van der Waals surface area (Å²) in [5, 5.41) is 4.48. The molecule has 1 atom stereocenters. The lowest BCUT2D eigenvalue weighted by Crippen LogP contribution is -2.42. The van der Waals surface area contributed by atoms with Gasteiger partial charge in [0.25, 0.3) is 5.91 Å². The molecule has 1 aromatic heterocycles. The lowest BCUT2D eigenvalue weighted by atomic mass is 10.2. The second-order valence-corrected chi connectivity index (χ2v) is 6.61. The molecule has 120 valence electrons. The minimum Gasteiger partial charge on any atom is -0.326 e. The molecule has 1 fully saturated rings. The van der Waals surface area contributed by atoms with Crippen LogP contribution in [-0.4, -0.2) is 29.3 Å². The number of nitrogens with one attached hydrogen (secondary N) is 1. The number of nitrogens with zero attached hydrogens (tertiary/aromatic N) is 1. The van der Waals surface area contributed by atoms with Crippen molar-refractivity contribution in [1.82, 2.24) is 4.90 Å². The van der Waals surface area contributed by atoms with E-state index >= 15 is 0 Å². The molecule has 2 aromatic rings. The Morgan fingerprint density at radius 3 is 2.87 bits per heavy atom. The maximum atomic E-state index is 13.2. The molecule has 0 spiro atoms. The molecular formula is C16H14ClFN2O2S. The van der Waals surface area contributed by atoms with Gasteiger partial charge in [-0.25, -0.2) is 4.39 Å². The van der Waals surface area contributed by atoms with Gasteiger partial charge in [0, 0.05) is 12.2 Å². The zero-order valence-corrected chi connectivity index (χ0v) is 13.7. The van der Waals surface area contributed by atoms with Gasteiger partial charge in [-0.1, -0.05) is 17.7 Å². The Labute approximate surface area is 141 Å². The van der Waals surface area contributed by atoms with E-state index in [0.717, 1.165) is 6.42 Å². The molecule has 0 radical (unpaired) electrons. The standard InChI is InChI=1S/C16H14ClFN2O2S/c17-11-9-10(5-6-12(11)18)19-15(21)13-3-1-7-20(13)16(22)14-4-2-8-23-14/h2,4-6,8-9,13H,1,3,7H2,(H,19,21). The van der Waals surface area contributed by atoms with Crippen molar-refractivity contribution in [2.75, 3.05) is 11.9 Å². The van der Waals surface area contributed by atoms with Crippen molar-refractivity contribution in [1.29, 1.82) is 0 Å². The molecule has 1 N–H and O–H groups in total. The average molecular weight is 353 g/mol. The summed E-state index contributed by atoms with van der Waals surface area (Å²) < 4.78 is 13.2. The molecule has 7 heteroatoms. The van der Waals surface area contributed by atoms with Crippen LogP contribution in [0.2, 0.25) is 5.02 Å². The zero-order chi connectivity index (χ0) is 16.4. The second-order valence-electron chi connectivity index (χ2n) is 5.25. The zero-order valence-electron chi connectivity index (χ0n) is 12.1. The van der Waals surface area contributed by atoms with Crippen LogP contribution in [0.3, 0.4) is 0 Å². The predicted molar refractivity (Wildman–Crippen MR) is 88.4 cm³/mol. The summed E-state index contributed by atoms with van der Waals surface area (Å²) in [7, 11) is 0. The molecule has 23 heavy (non-hydrogen) atoms. The van der Waals surface area contributed by atoms with Crippen molar-refractivity contribution < 1.29 is 14.0 Å². The number of carbonyl (C=O) groups excluding carboxylic acids is 2. The van der Waals surface area contributed by atoms with Gasteiger partial charge in [-0.3, -0.25) is 9.59 Å². The summed E-state index contributed by atoms with van der Waals surface area (Å²) in [6.45, 7) is 0.555. The first-order valence-corrected chi connectivity index (χ1v) is 8.42. The van der Waals surface area contributed by atoms with E-state index in [-0.39, 0.29) is 16.8 Å². The Kier molecular flexibility index (Phi) is 4.63. The second kappa shape index (κ2) is 6.68. The monoisotopic (exact) mass is 352 g/mol. The van der Waals surface area contributed by atoms with Crippen LogP contribution in [0.1, 0.15) is 22.5 Å². The minimum atomic E-state index is -0.542. The topological polar surface area (TPSA) is 49.4 Å². The van der Waals surface area contributed by atoms with E-state index in [9.17, 15) is 14.0 Å². The van der Waals surface area contributed by atoms with Crippen LogP contribution in [0.5, 0.6) is 0 Å². The number of benzene rings is 1. The van der Waals surface area contributed by atoms with Gasteiger partial charge in [-0.15, -0.1) is 11.3 Å². The molecule has 1 unspecified atom stereocenters. The maximum Gasteiger partial charge on any atom is 0.264 e. The quantitative estimate of drug-likeness (QED) is 0.913. The van der Waals surface area contributed by atoms with Crippen LogP contribution < -0.4 is 5.32 Å². The Balaban J connectivity index is 1.73. The van der Waals surface area contributed by atoms with Crippen LogP contribution >= 0.6 is 22.9 Å². The van der Waals surface area contributed by atoms with Crippen molar-refractivity contribution in [3.05, 3.63) is 51.4 Å². The van der Waals surface area contributed by atoms with Crippen molar-refractivity contribution >= 4 is 40.4 Å². The first kappa shape index (κ1) is 16.0. The SMILES string of the molecule is O=C(Nc1ccc(F)c(Cl)c1)C1CCCN1C(=O)c1cccs1. The van der Waals surface area contributed by atoms with Crippen molar-refractivity contribution in [2.45, 2.75) is 18.9 Å². The molecule has 3 rings (SSSR count). The van der Waals surface area contributed by atoms with Gasteiger partial charge < -0.3 is 10.2 Å². The van der Waals surface area contributed by atoms with Crippen LogP contribution in [0.15, 0.2) is 35.7 Å². The third kappa shape index (κ3) is 3.38. The fourth-order valence-corrected chi connectivity index (χ4v) is 3.48. The molecule has 2 amide bonds. The molecule has 4 nitrogen and oxygen atoms in total. The van der Waals surface area contributed by atoms with E-state index < -0.39 is 11.9 Å². The number of likely N-dealkylation sites (tertiary alicyclic amines) is 1. The molecular weight excluding hydrogens is 339 g/mol. The number of carbonyl (C=O) groups is 2. The number of thiophene rings is 1. The Morgan fingerprint density at radius 1 is 1.35 bits per heavy atom. The third-order valence-electron chi connectivity index (χ3n) is 3.74. The van der Waals surface area contributed by atoms with E-state index in [1.807, 2.05) is 11.4 Å². The summed E-state index contributed by atoms with van der Waals surface area (Å²) in [5.74, 6) is -0.954. The highest BCUT2D eigenvalue weighted by atomic mass is 35.5. The molecule has 0 aliphatic carbocycles. The van der Waals surface area contributed by atoms with Gasteiger partial charge >= 0.3 is 0 Å². The highest BCUT2D eigenvalue weighted by Crippen LogP contribution is 2.24. The molecule has 0 saturated carbocycles. The van der Waals surface area contributed by atoms with Crippen LogP contribution in [0, 0.1) is 5.82 Å². The van der Waals surface area contributed by atoms with Crippen LogP contribution in [0.4, 0.5) is 10.1 Å². The number of halogens is 2. The van der Waals surface area contributed by atoms with Gasteiger partial charge in [0.1, 0.15) is 11.9 Å². The fraction of sp³-hybridized carbons (Fsp3) is 0.250. The molecule has 1 saturated heterocycles. The van der Waals surface area contributed by atoms with Gasteiger partial charge in [0.2, 0.25) is 5.91 Å². The number of anilines is 1. The largest absolute Gasteiger partial charge is 0.326 e. The average Bonchev–Trinajstić information content (AvgIpc) is 3.21. The summed E-state index contributed by atoms with van der Waals surface area (Å²) in [6, 6.07) is 7.04. The summed E-state index contributed by atoms with van der Waals surface area (Å²) in [6.07, 6.45) is 1.39. The number of amides is 2. The molecule has 1 aliphatic heterocycles. The highest BCUT2D eigenvalue weighted by molar-refractivity contribution is 7.12. The maximum absolute atomic E-state index is 13.2. The number of hydrogen-bond acceptors (Lipinski definition) is 3. The van der Waals surface area contributed by atoms with Gasteiger partial charge in [-0.05, 0) is 42.5 Å². The van der Waals surface area contributed by atoms with Crippen molar-refractivity contribution in [3.63, 3.8) is 0 Å². The molecule has 1 aromatic carbocycles. The Morgan fingerprint density at radius 2 is 2.17 bits per heavy atom. The van der Waals surface area contributed by atoms with E-state index in [0.29, 0.717) is 23.5 Å². The minimum absolute atomic E-state index is 0.0549. The number of rotatable bonds is 3. The smallest absolute Gasteiger partial charge is 0.264 e. The fourth-order valence-electron chi connectivity index (χ4n) is 2.62. The predicted octanol–water partition coefficient (Wildman–Crippen LogP) is 3.78. The molecule has 1 aliphatic rings. The van der Waals surface area contributed by atoms with Crippen molar-refractivity contribution in [3.8, 4) is 0 Å². The van der Waals surface area contributed by atoms with E-state index in [4.69, 9.17) is 11.6 Å². The van der Waals surface area contributed by atoms with Crippen LogP contribution in [0.25, 0.3) is 0 Å². The third-order valence-corrected chi connectivity index (χ3v) is 4.88. The first-order valence-electron chi connectivity index (χ1n) is 7.16. The lowest BCUT2D eigenvalue weighted by Gasteiger charge is -2.23. The molecule has 2 heterocycles. The normalized spacial score (nSPS) is 17.3. The Hall–Kier alpha value is -1.92. The number of hydrogen-bond donors (Lipinski definition) is 1. The van der Waals surface area contributed by atoms with Gasteiger partial charge in [0.05, 0.1) is 9.90 Å². The van der Waals surface area contributed by atoms with Crippen LogP contribution in [-0.2, 0) is 4.79 Å². The summed E-state index contributed by atoms with van der Waals surface area (Å²) in [4.78, 5) is 27.1. The molecule has 0 bridgehead atoms. The van der Waals surface area contributed by atoms with E-state index in [1.54, 1.807) is 11.0 Å². The van der Waals surface area contributed by atoms with E-state index in [1.165, 1.54) is 29.5 Å². The summed E-state index contributed by atoms with van der Waals surface area (Å²) >= 11 is 7.07. The summed E-state index contributed by atoms with van der Waals surface area (Å²) in [5.41, 5.74) is 0.414. The van der Waals surface area contributed by atoms with E-state index in [2.05, 4.69) is 5.32 Å². The first-order chi connectivity index (χ1) is 11.1. The highest BCUT2D eigenvalue weighted by Gasteiger charge is 2.34. The lowest BCUT2D eigenvalue weighted by molar-refractivity contribution is -0.119.